The van der Waals surface area contributed by atoms with E-state index in [1.165, 1.54) is 4.88 Å². The van der Waals surface area contributed by atoms with Gasteiger partial charge in [-0.1, -0.05) is 0 Å². The highest BCUT2D eigenvalue weighted by atomic mass is 32.1. The summed E-state index contributed by atoms with van der Waals surface area (Å²) in [5, 5.41) is 4.05. The van der Waals surface area contributed by atoms with Crippen molar-refractivity contribution in [3.63, 3.8) is 0 Å². The summed E-state index contributed by atoms with van der Waals surface area (Å²) in [4.78, 5) is 35.0. The Morgan fingerprint density at radius 3 is 2.80 bits per heavy atom. The Bertz CT molecular complexity index is 538. The molecule has 108 valence electrons. The lowest BCUT2D eigenvalue weighted by Crippen LogP contribution is -2.36. The summed E-state index contributed by atoms with van der Waals surface area (Å²) >= 11 is 1.57. The number of aryl methyl sites for hydroxylation is 1. The summed E-state index contributed by atoms with van der Waals surface area (Å²) in [7, 11) is 0. The van der Waals surface area contributed by atoms with E-state index < -0.39 is 24.4 Å². The number of carbonyl (C=O) groups is 3. The van der Waals surface area contributed by atoms with Gasteiger partial charge in [0.15, 0.2) is 6.61 Å². The molecule has 0 spiro atoms. The van der Waals surface area contributed by atoms with Crippen LogP contribution in [0.1, 0.15) is 33.6 Å². The van der Waals surface area contributed by atoms with E-state index in [0.29, 0.717) is 5.56 Å². The third-order valence-corrected chi connectivity index (χ3v) is 4.16. The first-order chi connectivity index (χ1) is 9.58. The van der Waals surface area contributed by atoms with E-state index >= 15 is 0 Å². The van der Waals surface area contributed by atoms with Crippen LogP contribution in [0.2, 0.25) is 0 Å². The maximum absolute atomic E-state index is 11.9. The molecule has 20 heavy (non-hydrogen) atoms. The van der Waals surface area contributed by atoms with E-state index in [1.807, 2.05) is 0 Å². The topological polar surface area (TPSA) is 98.5 Å². The number of hydrogen-bond donors (Lipinski definition) is 2. The average molecular weight is 296 g/mol. The lowest BCUT2D eigenvalue weighted by molar-refractivity contribution is -0.127. The molecule has 0 saturated heterocycles. The molecule has 1 aliphatic carbocycles. The number of hydrogen-bond acceptors (Lipinski definition) is 5. The molecule has 1 heterocycles. The number of amides is 2. The Morgan fingerprint density at radius 2 is 2.05 bits per heavy atom. The molecule has 0 unspecified atom stereocenters. The van der Waals surface area contributed by atoms with E-state index in [-0.39, 0.29) is 6.54 Å². The van der Waals surface area contributed by atoms with Gasteiger partial charge in [0.05, 0.1) is 12.1 Å². The van der Waals surface area contributed by atoms with E-state index in [4.69, 9.17) is 10.5 Å². The summed E-state index contributed by atoms with van der Waals surface area (Å²) in [5.41, 5.74) is 6.51. The van der Waals surface area contributed by atoms with Crippen molar-refractivity contribution in [1.29, 1.82) is 0 Å². The third kappa shape index (κ3) is 3.57. The van der Waals surface area contributed by atoms with E-state index in [0.717, 1.165) is 31.2 Å². The van der Waals surface area contributed by atoms with Crippen LogP contribution in [0.15, 0.2) is 5.38 Å². The molecule has 2 amide bonds. The highest BCUT2D eigenvalue weighted by Crippen LogP contribution is 2.30. The highest BCUT2D eigenvalue weighted by Gasteiger charge is 2.21. The monoisotopic (exact) mass is 296 g/mol. The van der Waals surface area contributed by atoms with Crippen LogP contribution in [0.4, 0.5) is 0 Å². The Kier molecular flexibility index (Phi) is 4.73. The first-order valence-electron chi connectivity index (χ1n) is 6.39. The fourth-order valence-electron chi connectivity index (χ4n) is 2.11. The molecule has 3 N–H and O–H groups in total. The first-order valence-corrected chi connectivity index (χ1v) is 7.27. The van der Waals surface area contributed by atoms with Gasteiger partial charge in [-0.3, -0.25) is 9.59 Å². The van der Waals surface area contributed by atoms with Crippen LogP contribution in [0.3, 0.4) is 0 Å². The zero-order valence-electron chi connectivity index (χ0n) is 10.9. The predicted molar refractivity (Wildman–Crippen MR) is 73.4 cm³/mol. The smallest absolute Gasteiger partial charge is 0.339 e. The number of esters is 1. The molecule has 0 fully saturated rings. The van der Waals surface area contributed by atoms with Crippen molar-refractivity contribution < 1.29 is 19.1 Å². The molecule has 0 atom stereocenters. The standard InChI is InChI=1S/C13H16N2O4S/c14-11(16)5-15-12(17)6-19-13(18)9-7-20-10-4-2-1-3-8(9)10/h7H,1-6H2,(H2,14,16)(H,15,17). The van der Waals surface area contributed by atoms with Crippen LogP contribution >= 0.6 is 11.3 Å². The van der Waals surface area contributed by atoms with Crippen LogP contribution < -0.4 is 11.1 Å². The largest absolute Gasteiger partial charge is 0.452 e. The second kappa shape index (κ2) is 6.51. The van der Waals surface area contributed by atoms with Gasteiger partial charge >= 0.3 is 5.97 Å². The lowest BCUT2D eigenvalue weighted by Gasteiger charge is -2.12. The number of primary amides is 1. The van der Waals surface area contributed by atoms with Gasteiger partial charge in [-0.2, -0.15) is 0 Å². The summed E-state index contributed by atoms with van der Waals surface area (Å²) in [6, 6.07) is 0. The van der Waals surface area contributed by atoms with Gasteiger partial charge in [-0.25, -0.2) is 4.79 Å². The van der Waals surface area contributed by atoms with Crippen molar-refractivity contribution in [2.24, 2.45) is 5.73 Å². The Balaban J connectivity index is 1.87. The molecule has 1 aliphatic rings. The maximum Gasteiger partial charge on any atom is 0.339 e. The quantitative estimate of drug-likeness (QED) is 0.768. The first kappa shape index (κ1) is 14.5. The lowest BCUT2D eigenvalue weighted by atomic mass is 9.96. The molecule has 0 radical (unpaired) electrons. The Morgan fingerprint density at radius 1 is 1.30 bits per heavy atom. The van der Waals surface area contributed by atoms with Crippen molar-refractivity contribution in [2.75, 3.05) is 13.2 Å². The maximum atomic E-state index is 11.9. The second-order valence-corrected chi connectivity index (χ2v) is 5.54. The minimum absolute atomic E-state index is 0.260. The van der Waals surface area contributed by atoms with E-state index in [1.54, 1.807) is 16.7 Å². The molecule has 0 aromatic carbocycles. The van der Waals surface area contributed by atoms with Gasteiger partial charge in [-0.15, -0.1) is 11.3 Å². The van der Waals surface area contributed by atoms with Crippen molar-refractivity contribution in [1.82, 2.24) is 5.32 Å². The molecular weight excluding hydrogens is 280 g/mol. The minimum atomic E-state index is -0.642. The fraction of sp³-hybridized carbons (Fsp3) is 0.462. The van der Waals surface area contributed by atoms with Gasteiger partial charge in [0.2, 0.25) is 5.91 Å². The molecule has 2 rings (SSSR count). The summed E-state index contributed by atoms with van der Waals surface area (Å²) < 4.78 is 4.95. The van der Waals surface area contributed by atoms with Crippen LogP contribution in [0.5, 0.6) is 0 Å². The minimum Gasteiger partial charge on any atom is -0.452 e. The van der Waals surface area contributed by atoms with Gasteiger partial charge in [0.1, 0.15) is 0 Å². The number of rotatable bonds is 5. The highest BCUT2D eigenvalue weighted by molar-refractivity contribution is 7.10. The summed E-state index contributed by atoms with van der Waals surface area (Å²) in [6.07, 6.45) is 4.12. The number of ether oxygens (including phenoxy) is 1. The molecule has 0 bridgehead atoms. The SMILES string of the molecule is NC(=O)CNC(=O)COC(=O)c1csc2c1CCCC2. The predicted octanol–water partition coefficient (Wildman–Crippen LogP) is 0.385. The fourth-order valence-corrected chi connectivity index (χ4v) is 3.23. The Labute approximate surface area is 120 Å². The number of carbonyl (C=O) groups excluding carboxylic acids is 3. The summed E-state index contributed by atoms with van der Waals surface area (Å²) in [5.74, 6) is -1.67. The molecule has 0 aliphatic heterocycles. The summed E-state index contributed by atoms with van der Waals surface area (Å²) in [6.45, 7) is -0.666. The van der Waals surface area contributed by atoms with Crippen molar-refractivity contribution >= 4 is 29.1 Å². The Hall–Kier alpha value is -1.89. The molecule has 0 saturated carbocycles. The average Bonchev–Trinajstić information content (AvgIpc) is 2.86. The van der Waals surface area contributed by atoms with Crippen LogP contribution in [0, 0.1) is 0 Å². The molecule has 7 heteroatoms. The number of nitrogens with one attached hydrogen (secondary N) is 1. The van der Waals surface area contributed by atoms with Crippen LogP contribution in [0.25, 0.3) is 0 Å². The normalized spacial score (nSPS) is 13.4. The third-order valence-electron chi connectivity index (χ3n) is 3.08. The van der Waals surface area contributed by atoms with Crippen molar-refractivity contribution in [3.05, 3.63) is 21.4 Å². The van der Waals surface area contributed by atoms with Gasteiger partial charge < -0.3 is 15.8 Å². The molecule has 6 nitrogen and oxygen atoms in total. The van der Waals surface area contributed by atoms with Crippen LogP contribution in [-0.2, 0) is 27.2 Å². The molecular formula is C13H16N2O4S. The second-order valence-electron chi connectivity index (χ2n) is 4.58. The number of fused-ring (bicyclic) bond motifs is 1. The number of nitrogens with two attached hydrogens (primary N) is 1. The van der Waals surface area contributed by atoms with Gasteiger partial charge in [0.25, 0.3) is 5.91 Å². The molecule has 1 aromatic rings. The van der Waals surface area contributed by atoms with E-state index in [9.17, 15) is 14.4 Å². The number of thiophene rings is 1. The zero-order valence-corrected chi connectivity index (χ0v) is 11.8. The van der Waals surface area contributed by atoms with Crippen molar-refractivity contribution in [2.45, 2.75) is 25.7 Å². The molecule has 1 aromatic heterocycles. The van der Waals surface area contributed by atoms with Gasteiger partial charge in [-0.05, 0) is 31.2 Å². The van der Waals surface area contributed by atoms with E-state index in [2.05, 4.69) is 5.32 Å². The van der Waals surface area contributed by atoms with Gasteiger partial charge in [0, 0.05) is 10.3 Å². The van der Waals surface area contributed by atoms with Crippen molar-refractivity contribution in [3.8, 4) is 0 Å². The zero-order chi connectivity index (χ0) is 14.5. The van der Waals surface area contributed by atoms with Crippen LogP contribution in [-0.4, -0.2) is 30.9 Å².